The number of nitrogens with two attached hydrogens (primary N) is 4. The second-order valence-corrected chi connectivity index (χ2v) is 26.2. The van der Waals surface area contributed by atoms with Crippen LogP contribution in [0, 0.1) is 5.41 Å². The van der Waals surface area contributed by atoms with Crippen LogP contribution in [0.25, 0.3) is 10.8 Å². The van der Waals surface area contributed by atoms with Crippen molar-refractivity contribution in [3.63, 3.8) is 0 Å². The molecule has 1 aromatic heterocycles. The van der Waals surface area contributed by atoms with Crippen LogP contribution >= 0.6 is 0 Å². The lowest BCUT2D eigenvalue weighted by atomic mass is 9.99. The molecule has 0 radical (unpaired) electrons. The Kier molecular flexibility index (Phi) is 29.7. The Balaban J connectivity index is 1.22. The largest absolute Gasteiger partial charge is 0.508 e. The summed E-state index contributed by atoms with van der Waals surface area (Å²) < 4.78 is 0. The van der Waals surface area contributed by atoms with E-state index in [0.29, 0.717) is 27.8 Å². The Bertz CT molecular complexity index is 4380. The summed E-state index contributed by atoms with van der Waals surface area (Å²) in [5.41, 5.74) is 26.0. The molecule has 34 nitrogen and oxygen atoms in total. The Labute approximate surface area is 625 Å². The van der Waals surface area contributed by atoms with Gasteiger partial charge in [-0.1, -0.05) is 127 Å². The number of phenolic OH excluding ortho intramolecular Hbond substituents is 2. The Hall–Kier alpha value is -13.3. The number of amides is 13. The standard InChI is InChI=1S/C75H89N19O15/c1-41-65(100)89-55(32-42-11-4-2-5-12-42)72(107)94-61(74(109)88-54(64(78)99)31-45-21-26-51(96)27-22-45)39-83-67(102)60(90-66(101)52(76)30-44-19-24-50(95)25-20-44)37-63(98)86-58(35-49-38-81-40-84-49)73(108)92-56(33-43-13-6-3-7-14-43)70(105)87-53(17-10-28-82-75(79)80)68(103)91-57(71(106)93-59(36-62(77)97)69(104)85-41)34-46-18-23-47-15-8-9-16-48(47)29-46/h2-9,11-16,18-27,29,38,40-41,52-61,95-96H,10,17,28,30-37,39,76H2,1H3,(H2,77,97)(H2,78,99)(H,81,84)(H,83,102)(H,85,104)(H,86,98)(H,87,105)(H,88,109)(H,89,100)(H,90,101)(H,91,103)(H,92,108)(H,93,106)(H,94,107)(H4,79,80,82)/t41-,52-,53-,54-,55-,56+,57-,58-,59-,60+,61?/m0/s1. The summed E-state index contributed by atoms with van der Waals surface area (Å²) in [5.74, 6) is -14.7. The summed E-state index contributed by atoms with van der Waals surface area (Å²) in [6.45, 7) is 0.275. The molecule has 574 valence electrons. The summed E-state index contributed by atoms with van der Waals surface area (Å²) in [4.78, 5) is 196. The van der Waals surface area contributed by atoms with Gasteiger partial charge in [0.05, 0.1) is 30.9 Å². The maximum absolute atomic E-state index is 15.1. The second kappa shape index (κ2) is 39.7. The van der Waals surface area contributed by atoms with Crippen LogP contribution in [0.1, 0.15) is 66.1 Å². The number of carbonyl (C=O) groups is 13. The number of aromatic amines is 1. The molecule has 11 atom stereocenters. The van der Waals surface area contributed by atoms with Gasteiger partial charge in [0, 0.05) is 51.4 Å². The van der Waals surface area contributed by atoms with Gasteiger partial charge in [-0.3, -0.25) is 67.7 Å². The number of carbonyl (C=O) groups excluding carboxylic acids is 13. The molecule has 1 aliphatic heterocycles. The summed E-state index contributed by atoms with van der Waals surface area (Å²) in [5, 5.41) is 60.1. The van der Waals surface area contributed by atoms with Gasteiger partial charge in [-0.05, 0) is 89.0 Å². The predicted octanol–water partition coefficient (Wildman–Crippen LogP) is -2.93. The highest BCUT2D eigenvalue weighted by Crippen LogP contribution is 2.19. The molecule has 1 unspecified atom stereocenters. The quantitative estimate of drug-likeness (QED) is 0.0173. The first-order valence-corrected chi connectivity index (χ1v) is 34.9. The van der Waals surface area contributed by atoms with E-state index in [-0.39, 0.29) is 68.7 Å². The topological polar surface area (TPSA) is 563 Å². The molecule has 1 aliphatic rings. The molecule has 8 rings (SSSR count). The smallest absolute Gasteiger partial charge is 0.245 e. The number of primary amides is 2. The molecule has 34 heteroatoms. The van der Waals surface area contributed by atoms with E-state index in [1.807, 2.05) is 18.2 Å². The van der Waals surface area contributed by atoms with Gasteiger partial charge in [0.2, 0.25) is 76.8 Å². The van der Waals surface area contributed by atoms with Crippen molar-refractivity contribution in [2.45, 2.75) is 138 Å². The number of benzene rings is 6. The maximum atomic E-state index is 15.1. The van der Waals surface area contributed by atoms with Crippen LogP contribution in [0.2, 0.25) is 0 Å². The predicted molar refractivity (Wildman–Crippen MR) is 397 cm³/mol. The first-order chi connectivity index (χ1) is 52.1. The molecule has 0 bridgehead atoms. The van der Waals surface area contributed by atoms with Crippen LogP contribution < -0.4 is 86.7 Å². The van der Waals surface area contributed by atoms with Crippen molar-refractivity contribution in [3.05, 3.63) is 198 Å². The van der Waals surface area contributed by atoms with Crippen molar-refractivity contribution >= 4 is 93.5 Å². The average molecular weight is 1500 g/mol. The summed E-state index contributed by atoms with van der Waals surface area (Å²) in [6.07, 6.45) is -1.07. The van der Waals surface area contributed by atoms with E-state index in [1.54, 1.807) is 84.9 Å². The number of aromatic nitrogens is 2. The van der Waals surface area contributed by atoms with Gasteiger partial charge in [-0.15, -0.1) is 0 Å². The zero-order chi connectivity index (χ0) is 78.7. The van der Waals surface area contributed by atoms with Crippen LogP contribution in [0.4, 0.5) is 0 Å². The minimum atomic E-state index is -1.96. The van der Waals surface area contributed by atoms with Crippen LogP contribution in [0.3, 0.4) is 0 Å². The number of imidazole rings is 1. The lowest BCUT2D eigenvalue weighted by molar-refractivity contribution is -0.136. The van der Waals surface area contributed by atoms with E-state index in [4.69, 9.17) is 28.3 Å². The average Bonchev–Trinajstić information content (AvgIpc) is 1.00. The van der Waals surface area contributed by atoms with Gasteiger partial charge in [-0.2, -0.15) is 0 Å². The van der Waals surface area contributed by atoms with Crippen LogP contribution in [0.5, 0.6) is 11.5 Å². The molecule has 1 fully saturated rings. The van der Waals surface area contributed by atoms with E-state index in [2.05, 4.69) is 73.8 Å². The Morgan fingerprint density at radius 3 is 1.60 bits per heavy atom. The monoisotopic (exact) mass is 1500 g/mol. The highest BCUT2D eigenvalue weighted by Gasteiger charge is 2.38. The third-order valence-electron chi connectivity index (χ3n) is 17.6. The van der Waals surface area contributed by atoms with Crippen LogP contribution in [-0.2, 0) is 101 Å². The number of phenols is 2. The fourth-order valence-corrected chi connectivity index (χ4v) is 11.8. The molecule has 1 saturated heterocycles. The van der Waals surface area contributed by atoms with Crippen LogP contribution in [-0.4, -0.2) is 182 Å². The van der Waals surface area contributed by atoms with Gasteiger partial charge in [0.25, 0.3) is 0 Å². The van der Waals surface area contributed by atoms with E-state index in [9.17, 15) is 53.4 Å². The minimum absolute atomic E-state index is 0.00487. The first-order valence-electron chi connectivity index (χ1n) is 34.9. The number of nitrogens with zero attached hydrogens (tertiary/aromatic N) is 1. The summed E-state index contributed by atoms with van der Waals surface area (Å²) in [7, 11) is 0. The van der Waals surface area contributed by atoms with Crippen molar-refractivity contribution < 1.29 is 72.5 Å². The van der Waals surface area contributed by atoms with E-state index < -0.39 is 175 Å². The molecule has 109 heavy (non-hydrogen) atoms. The molecule has 0 spiro atoms. The number of guanidine groups is 1. The molecule has 13 amide bonds. The lowest BCUT2D eigenvalue weighted by Gasteiger charge is -2.28. The number of hydrogen-bond donors (Lipinski definition) is 20. The van der Waals surface area contributed by atoms with Crippen molar-refractivity contribution in [2.75, 3.05) is 13.1 Å². The van der Waals surface area contributed by atoms with Gasteiger partial charge in [-0.25, -0.2) is 4.98 Å². The molecule has 24 N–H and O–H groups in total. The third-order valence-corrected chi connectivity index (χ3v) is 17.6. The first kappa shape index (κ1) is 81.4. The number of nitrogens with one attached hydrogen (secondary N) is 14. The highest BCUT2D eigenvalue weighted by atomic mass is 16.3. The van der Waals surface area contributed by atoms with Gasteiger partial charge >= 0.3 is 0 Å². The van der Waals surface area contributed by atoms with Gasteiger partial charge in [0.15, 0.2) is 5.96 Å². The molecule has 6 aromatic carbocycles. The SMILES string of the molecule is C[C@@H]1NC(=O)[C@H](CC(N)=O)NC(=O)[C@H](Cc2ccc3ccccc3c2)NC(=O)[C@H](CCCNC(=N)N)NC(=O)[C@@H](Cc2ccccc2)NC(=O)[C@H](Cc2c[nH]cn2)NC(=O)C[C@@H](NC(=O)[C@@H](N)Cc2ccc(O)cc2)C(=O)NCC(C(=O)N[C@@H](Cc2ccc(O)cc2)C(N)=O)NC(=O)[C@H](Cc2ccccc2)NC1=O. The molecular formula is C75H89N19O15. The molecule has 2 heterocycles. The molecule has 7 aromatic rings. The highest BCUT2D eigenvalue weighted by molar-refractivity contribution is 6.01. The number of H-pyrrole nitrogens is 1. The Morgan fingerprint density at radius 1 is 0.541 bits per heavy atom. The van der Waals surface area contributed by atoms with Crippen molar-refractivity contribution in [2.24, 2.45) is 22.9 Å². The van der Waals surface area contributed by atoms with E-state index >= 15 is 19.2 Å². The van der Waals surface area contributed by atoms with Crippen LogP contribution in [0.15, 0.2) is 164 Å². The van der Waals surface area contributed by atoms with Crippen molar-refractivity contribution in [1.29, 1.82) is 5.41 Å². The number of aromatic hydroxyl groups is 2. The summed E-state index contributed by atoms with van der Waals surface area (Å²) >= 11 is 0. The summed E-state index contributed by atoms with van der Waals surface area (Å²) in [6, 6.07) is 21.6. The number of rotatable bonds is 23. The maximum Gasteiger partial charge on any atom is 0.245 e. The fourth-order valence-electron chi connectivity index (χ4n) is 11.8. The zero-order valence-corrected chi connectivity index (χ0v) is 59.4. The Morgan fingerprint density at radius 2 is 1.04 bits per heavy atom. The molecule has 0 aliphatic carbocycles. The normalized spacial score (nSPS) is 21.0. The van der Waals surface area contributed by atoms with Crippen molar-refractivity contribution in [1.82, 2.24) is 73.8 Å². The molecular weight excluding hydrogens is 1410 g/mol. The van der Waals surface area contributed by atoms with Gasteiger partial charge in [0.1, 0.15) is 71.9 Å². The van der Waals surface area contributed by atoms with Crippen molar-refractivity contribution in [3.8, 4) is 11.5 Å². The van der Waals surface area contributed by atoms with E-state index in [1.165, 1.54) is 68.0 Å². The van der Waals surface area contributed by atoms with E-state index in [0.717, 1.165) is 10.8 Å². The lowest BCUT2D eigenvalue weighted by Crippen LogP contribution is -2.62. The second-order valence-electron chi connectivity index (χ2n) is 26.2. The fraction of sp³-hybridized carbons (Fsp3) is 0.320. The minimum Gasteiger partial charge on any atom is -0.508 e. The number of fused-ring (bicyclic) bond motifs is 1. The van der Waals surface area contributed by atoms with Gasteiger partial charge < -0.3 is 102 Å². The zero-order valence-electron chi connectivity index (χ0n) is 59.4. The molecule has 0 saturated carbocycles. The third kappa shape index (κ3) is 25.8. The number of hydrogen-bond acceptors (Lipinski definition) is 18.